The summed E-state index contributed by atoms with van der Waals surface area (Å²) in [6.07, 6.45) is 11.3. The second-order valence-electron chi connectivity index (χ2n) is 7.08. The van der Waals surface area contributed by atoms with Crippen LogP contribution in [0, 0.1) is 6.92 Å². The summed E-state index contributed by atoms with van der Waals surface area (Å²) in [7, 11) is 0. The molecule has 5 aromatic rings. The van der Waals surface area contributed by atoms with Crippen LogP contribution in [0.1, 0.15) is 17.5 Å². The van der Waals surface area contributed by atoms with Gasteiger partial charge in [0, 0.05) is 21.5 Å². The highest BCUT2D eigenvalue weighted by Crippen LogP contribution is 2.34. The third-order valence-corrected chi connectivity index (χ3v) is 6.08. The lowest BCUT2D eigenvalue weighted by Crippen LogP contribution is -1.89. The predicted octanol–water partition coefficient (Wildman–Crippen LogP) is 6.08. The number of aromatic amines is 2. The van der Waals surface area contributed by atoms with E-state index in [0.717, 1.165) is 43.8 Å². The zero-order valence-electron chi connectivity index (χ0n) is 17.2. The van der Waals surface area contributed by atoms with E-state index in [0.29, 0.717) is 11.5 Å². The molecule has 0 saturated carbocycles. The smallest absolute Gasteiger partial charge is 0.161 e. The molecule has 0 spiro atoms. The monoisotopic (exact) mass is 424 g/mol. The summed E-state index contributed by atoms with van der Waals surface area (Å²) in [4.78, 5) is 19.9. The Balaban J connectivity index is 1.65. The molecule has 152 valence electrons. The predicted molar refractivity (Wildman–Crippen MR) is 128 cm³/mol. The first-order valence-electron chi connectivity index (χ1n) is 9.89. The van der Waals surface area contributed by atoms with Crippen LogP contribution in [0.15, 0.2) is 67.5 Å². The number of H-pyrrole nitrogens is 2. The van der Waals surface area contributed by atoms with E-state index in [9.17, 15) is 0 Å². The number of hydrogen-bond donors (Lipinski definition) is 2. The number of imidazole rings is 1. The summed E-state index contributed by atoms with van der Waals surface area (Å²) in [5.74, 6) is 0.664. The zero-order valence-corrected chi connectivity index (χ0v) is 18.0. The number of pyridine rings is 2. The molecule has 0 fully saturated rings. The second-order valence-corrected chi connectivity index (χ2v) is 8.37. The van der Waals surface area contributed by atoms with Crippen molar-refractivity contribution < 1.29 is 0 Å². The molecule has 0 bridgehead atoms. The summed E-state index contributed by atoms with van der Waals surface area (Å²) < 4.78 is 0. The molecule has 2 N–H and O–H groups in total. The van der Waals surface area contributed by atoms with Crippen molar-refractivity contribution in [3.05, 3.63) is 78.1 Å². The van der Waals surface area contributed by atoms with Crippen LogP contribution in [0.5, 0.6) is 0 Å². The van der Waals surface area contributed by atoms with Crippen LogP contribution >= 0.6 is 11.3 Å². The molecule has 0 aliphatic heterocycles. The van der Waals surface area contributed by atoms with E-state index in [1.807, 2.05) is 43.5 Å². The van der Waals surface area contributed by atoms with Crippen LogP contribution in [-0.2, 0) is 0 Å². The number of nitrogens with one attached hydrogen (secondary N) is 2. The van der Waals surface area contributed by atoms with Crippen molar-refractivity contribution in [1.29, 1.82) is 0 Å². The van der Waals surface area contributed by atoms with Gasteiger partial charge < -0.3 is 4.98 Å². The molecular weight excluding hydrogens is 404 g/mol. The highest BCUT2D eigenvalue weighted by Gasteiger charge is 2.17. The Bertz CT molecular complexity index is 1480. The minimum atomic E-state index is 0.664. The van der Waals surface area contributed by atoms with Gasteiger partial charge in [-0.15, -0.1) is 11.3 Å². The minimum absolute atomic E-state index is 0.664. The first-order chi connectivity index (χ1) is 15.2. The van der Waals surface area contributed by atoms with Crippen LogP contribution in [0.25, 0.3) is 49.6 Å². The van der Waals surface area contributed by atoms with Gasteiger partial charge in [0.2, 0.25) is 0 Å². The molecule has 0 aromatic carbocycles. The number of allylic oxidation sites excluding steroid dienone is 5. The number of aromatic nitrogens is 6. The second kappa shape index (κ2) is 7.77. The first-order valence-corrected chi connectivity index (χ1v) is 10.7. The summed E-state index contributed by atoms with van der Waals surface area (Å²) in [5.41, 5.74) is 6.94. The molecule has 0 unspecified atom stereocenters. The molecular formula is C24H20N6S. The van der Waals surface area contributed by atoms with E-state index in [1.165, 1.54) is 4.88 Å². The lowest BCUT2D eigenvalue weighted by atomic mass is 10.1. The van der Waals surface area contributed by atoms with E-state index in [1.54, 1.807) is 23.6 Å². The topological polar surface area (TPSA) is 83.1 Å². The molecule has 5 heterocycles. The molecule has 0 aliphatic rings. The van der Waals surface area contributed by atoms with Gasteiger partial charge >= 0.3 is 0 Å². The fraction of sp³-hybridized carbons (Fsp3) is 0.0833. The Morgan fingerprint density at radius 2 is 1.97 bits per heavy atom. The van der Waals surface area contributed by atoms with E-state index >= 15 is 0 Å². The average Bonchev–Trinajstić information content (AvgIpc) is 3.51. The van der Waals surface area contributed by atoms with Crippen LogP contribution in [0.3, 0.4) is 0 Å². The van der Waals surface area contributed by atoms with Gasteiger partial charge in [-0.2, -0.15) is 5.10 Å². The Morgan fingerprint density at radius 3 is 2.74 bits per heavy atom. The van der Waals surface area contributed by atoms with Crippen molar-refractivity contribution in [2.45, 2.75) is 13.8 Å². The van der Waals surface area contributed by atoms with Gasteiger partial charge in [-0.3, -0.25) is 10.1 Å². The van der Waals surface area contributed by atoms with Crippen molar-refractivity contribution in [1.82, 2.24) is 30.1 Å². The first kappa shape index (κ1) is 19.1. The third-order valence-electron chi connectivity index (χ3n) is 5.05. The van der Waals surface area contributed by atoms with E-state index in [-0.39, 0.29) is 0 Å². The van der Waals surface area contributed by atoms with Crippen LogP contribution < -0.4 is 0 Å². The van der Waals surface area contributed by atoms with Gasteiger partial charge in [0.25, 0.3) is 0 Å². The number of fused-ring (bicyclic) bond motifs is 2. The average molecular weight is 425 g/mol. The fourth-order valence-electron chi connectivity index (χ4n) is 3.53. The van der Waals surface area contributed by atoms with Crippen molar-refractivity contribution in [3.63, 3.8) is 0 Å². The number of rotatable bonds is 5. The number of nitrogens with zero attached hydrogens (tertiary/aromatic N) is 4. The Hall–Kier alpha value is -3.84. The normalized spacial score (nSPS) is 12.4. The SMILES string of the molecule is C=C/C=C\C(=C/C)c1ccc2[nH]nc(-c3nc4c(-c5ccc(C)s5)cncc4[nH]3)c2n1. The quantitative estimate of drug-likeness (QED) is 0.335. The highest BCUT2D eigenvalue weighted by atomic mass is 32.1. The summed E-state index contributed by atoms with van der Waals surface area (Å²) >= 11 is 1.73. The van der Waals surface area contributed by atoms with E-state index < -0.39 is 0 Å². The summed E-state index contributed by atoms with van der Waals surface area (Å²) in [6.45, 7) is 7.83. The van der Waals surface area contributed by atoms with Crippen LogP contribution in [-0.4, -0.2) is 30.1 Å². The Morgan fingerprint density at radius 1 is 1.06 bits per heavy atom. The molecule has 0 saturated heterocycles. The molecule has 31 heavy (non-hydrogen) atoms. The number of hydrogen-bond acceptors (Lipinski definition) is 5. The lowest BCUT2D eigenvalue weighted by Gasteiger charge is -2.01. The Kier molecular flexibility index (Phi) is 4.80. The van der Waals surface area contributed by atoms with Gasteiger partial charge in [0.15, 0.2) is 11.5 Å². The van der Waals surface area contributed by atoms with Gasteiger partial charge in [-0.05, 0) is 43.7 Å². The van der Waals surface area contributed by atoms with Gasteiger partial charge in [0.05, 0.1) is 22.9 Å². The molecule has 0 amide bonds. The van der Waals surface area contributed by atoms with E-state index in [2.05, 4.69) is 45.8 Å². The van der Waals surface area contributed by atoms with E-state index in [4.69, 9.17) is 9.97 Å². The molecule has 0 aliphatic carbocycles. The zero-order chi connectivity index (χ0) is 21.4. The van der Waals surface area contributed by atoms with Crippen molar-refractivity contribution in [2.75, 3.05) is 0 Å². The lowest BCUT2D eigenvalue weighted by molar-refractivity contribution is 1.10. The molecule has 6 nitrogen and oxygen atoms in total. The van der Waals surface area contributed by atoms with Crippen molar-refractivity contribution >= 4 is 39.0 Å². The van der Waals surface area contributed by atoms with Gasteiger partial charge in [0.1, 0.15) is 11.0 Å². The van der Waals surface area contributed by atoms with Crippen LogP contribution in [0.2, 0.25) is 0 Å². The summed E-state index contributed by atoms with van der Waals surface area (Å²) in [5, 5.41) is 7.57. The molecule has 7 heteroatoms. The van der Waals surface area contributed by atoms with Crippen molar-refractivity contribution in [2.24, 2.45) is 0 Å². The summed E-state index contributed by atoms with van der Waals surface area (Å²) in [6, 6.07) is 8.19. The van der Waals surface area contributed by atoms with Crippen molar-refractivity contribution in [3.8, 4) is 22.0 Å². The van der Waals surface area contributed by atoms with Gasteiger partial charge in [-0.1, -0.05) is 30.9 Å². The van der Waals surface area contributed by atoms with Crippen LogP contribution in [0.4, 0.5) is 0 Å². The maximum atomic E-state index is 4.88. The maximum absolute atomic E-state index is 4.88. The molecule has 0 radical (unpaired) electrons. The molecule has 0 atom stereocenters. The number of aryl methyl sites for hydroxylation is 1. The third kappa shape index (κ3) is 3.39. The standard InChI is InChI=1S/C24H20N6S/c1-4-6-7-15(5-2)17-9-10-18-22(26-17)23(30-29-18)24-27-19-13-25-12-16(21(19)28-24)20-11-8-14(3)31-20/h4-13H,1H2,2-3H3,(H,27,28)(H,29,30)/b7-6-,15-5+. The van der Waals surface area contributed by atoms with Gasteiger partial charge in [-0.25, -0.2) is 9.97 Å². The largest absolute Gasteiger partial charge is 0.335 e. The molecule has 5 aromatic heterocycles. The number of thiophene rings is 1. The fourth-order valence-corrected chi connectivity index (χ4v) is 4.41. The highest BCUT2D eigenvalue weighted by molar-refractivity contribution is 7.15. The Labute approximate surface area is 183 Å². The molecule has 5 rings (SSSR count). The minimum Gasteiger partial charge on any atom is -0.335 e. The maximum Gasteiger partial charge on any atom is 0.161 e.